The quantitative estimate of drug-likeness (QED) is 0.838. The zero-order chi connectivity index (χ0) is 14.7. The molecule has 20 heavy (non-hydrogen) atoms. The summed E-state index contributed by atoms with van der Waals surface area (Å²) < 4.78 is 0. The monoisotopic (exact) mass is 287 g/mol. The molecule has 2 heteroatoms. The number of nitrogens with one attached hydrogen (secondary N) is 1. The standard InChI is InChI=1S/C18H22ClN/c1-5-20-18(15-10-6-8-12(2)14(15)4)16-11-7-9-13(3)17(16)19/h6-11,18,20H,5H2,1-4H3. The molecule has 2 aromatic rings. The van der Waals surface area contributed by atoms with Crippen LogP contribution in [0, 0.1) is 20.8 Å². The average molecular weight is 288 g/mol. The lowest BCUT2D eigenvalue weighted by Crippen LogP contribution is -2.23. The number of halogens is 1. The van der Waals surface area contributed by atoms with Crippen molar-refractivity contribution >= 4 is 11.6 Å². The molecular formula is C18H22ClN. The summed E-state index contributed by atoms with van der Waals surface area (Å²) in [5.41, 5.74) is 6.23. The Morgan fingerprint density at radius 1 is 0.950 bits per heavy atom. The van der Waals surface area contributed by atoms with Gasteiger partial charge in [-0.25, -0.2) is 0 Å². The van der Waals surface area contributed by atoms with Crippen LogP contribution in [0.4, 0.5) is 0 Å². The van der Waals surface area contributed by atoms with Gasteiger partial charge in [0.05, 0.1) is 6.04 Å². The van der Waals surface area contributed by atoms with Gasteiger partial charge in [0.25, 0.3) is 0 Å². The van der Waals surface area contributed by atoms with E-state index in [1.165, 1.54) is 16.7 Å². The molecule has 1 nitrogen and oxygen atoms in total. The molecule has 0 spiro atoms. The maximum absolute atomic E-state index is 6.53. The first-order chi connectivity index (χ1) is 9.56. The third kappa shape index (κ3) is 2.89. The Morgan fingerprint density at radius 2 is 1.55 bits per heavy atom. The highest BCUT2D eigenvalue weighted by molar-refractivity contribution is 6.32. The van der Waals surface area contributed by atoms with Gasteiger partial charge >= 0.3 is 0 Å². The summed E-state index contributed by atoms with van der Waals surface area (Å²) in [5.74, 6) is 0. The summed E-state index contributed by atoms with van der Waals surface area (Å²) in [7, 11) is 0. The molecule has 0 heterocycles. The van der Waals surface area contributed by atoms with Gasteiger partial charge in [0.1, 0.15) is 0 Å². The fourth-order valence-corrected chi connectivity index (χ4v) is 2.81. The van der Waals surface area contributed by atoms with Crippen molar-refractivity contribution in [3.8, 4) is 0 Å². The van der Waals surface area contributed by atoms with E-state index in [9.17, 15) is 0 Å². The molecule has 0 saturated carbocycles. The van der Waals surface area contributed by atoms with Gasteiger partial charge in [-0.3, -0.25) is 0 Å². The molecule has 0 aromatic heterocycles. The minimum Gasteiger partial charge on any atom is -0.306 e. The molecule has 0 fully saturated rings. The zero-order valence-corrected chi connectivity index (χ0v) is 13.4. The number of aryl methyl sites for hydroxylation is 2. The number of hydrogen-bond acceptors (Lipinski definition) is 1. The van der Waals surface area contributed by atoms with E-state index < -0.39 is 0 Å². The fourth-order valence-electron chi connectivity index (χ4n) is 2.57. The Hall–Kier alpha value is -1.31. The van der Waals surface area contributed by atoms with Gasteiger partial charge in [0.15, 0.2) is 0 Å². The Bertz CT molecular complexity index is 553. The molecule has 1 unspecified atom stereocenters. The fraction of sp³-hybridized carbons (Fsp3) is 0.333. The normalized spacial score (nSPS) is 12.4. The van der Waals surface area contributed by atoms with E-state index in [0.29, 0.717) is 0 Å². The van der Waals surface area contributed by atoms with E-state index in [1.54, 1.807) is 0 Å². The molecule has 2 aromatic carbocycles. The predicted octanol–water partition coefficient (Wildman–Crippen LogP) is 4.96. The summed E-state index contributed by atoms with van der Waals surface area (Å²) in [5, 5.41) is 4.43. The first kappa shape index (κ1) is 15.1. The molecule has 1 atom stereocenters. The first-order valence-electron chi connectivity index (χ1n) is 7.10. The van der Waals surface area contributed by atoms with Crippen LogP contribution in [0.1, 0.15) is 40.8 Å². The van der Waals surface area contributed by atoms with Gasteiger partial charge in [0, 0.05) is 5.02 Å². The van der Waals surface area contributed by atoms with Crippen molar-refractivity contribution < 1.29 is 0 Å². The number of benzene rings is 2. The van der Waals surface area contributed by atoms with Crippen molar-refractivity contribution in [2.24, 2.45) is 0 Å². The third-order valence-electron chi connectivity index (χ3n) is 3.90. The van der Waals surface area contributed by atoms with Crippen LogP contribution >= 0.6 is 11.6 Å². The third-order valence-corrected chi connectivity index (χ3v) is 4.41. The van der Waals surface area contributed by atoms with Crippen LogP contribution in [0.25, 0.3) is 0 Å². The second-order valence-corrected chi connectivity index (χ2v) is 5.64. The van der Waals surface area contributed by atoms with Crippen molar-refractivity contribution in [1.82, 2.24) is 5.32 Å². The maximum Gasteiger partial charge on any atom is 0.0594 e. The van der Waals surface area contributed by atoms with E-state index in [0.717, 1.165) is 22.7 Å². The van der Waals surface area contributed by atoms with Crippen LogP contribution < -0.4 is 5.32 Å². The Balaban J connectivity index is 2.56. The molecule has 0 radical (unpaired) electrons. The van der Waals surface area contributed by atoms with E-state index in [2.05, 4.69) is 69.4 Å². The summed E-state index contributed by atoms with van der Waals surface area (Å²) >= 11 is 6.53. The minimum atomic E-state index is 0.146. The van der Waals surface area contributed by atoms with Crippen molar-refractivity contribution in [3.63, 3.8) is 0 Å². The number of rotatable bonds is 4. The highest BCUT2D eigenvalue weighted by atomic mass is 35.5. The Kier molecular flexibility index (Phi) is 4.85. The lowest BCUT2D eigenvalue weighted by Gasteiger charge is -2.23. The van der Waals surface area contributed by atoms with Crippen molar-refractivity contribution in [1.29, 1.82) is 0 Å². The van der Waals surface area contributed by atoms with Crippen LogP contribution in [-0.4, -0.2) is 6.54 Å². The van der Waals surface area contributed by atoms with Gasteiger partial charge in [-0.15, -0.1) is 0 Å². The van der Waals surface area contributed by atoms with Gasteiger partial charge in [-0.1, -0.05) is 54.9 Å². The van der Waals surface area contributed by atoms with E-state index in [4.69, 9.17) is 11.6 Å². The Labute approximate surface area is 127 Å². The van der Waals surface area contributed by atoms with Crippen LogP contribution in [0.2, 0.25) is 5.02 Å². The maximum atomic E-state index is 6.53. The van der Waals surface area contributed by atoms with E-state index >= 15 is 0 Å². The lowest BCUT2D eigenvalue weighted by molar-refractivity contribution is 0.627. The summed E-state index contributed by atoms with van der Waals surface area (Å²) in [6.45, 7) is 9.42. The van der Waals surface area contributed by atoms with Crippen molar-refractivity contribution in [3.05, 3.63) is 69.2 Å². The Morgan fingerprint density at radius 3 is 2.20 bits per heavy atom. The summed E-state index contributed by atoms with van der Waals surface area (Å²) in [6, 6.07) is 12.8. The van der Waals surface area contributed by atoms with Gasteiger partial charge in [-0.2, -0.15) is 0 Å². The molecule has 2 rings (SSSR count). The molecule has 0 amide bonds. The molecule has 0 aliphatic heterocycles. The molecule has 0 bridgehead atoms. The largest absolute Gasteiger partial charge is 0.306 e. The molecule has 0 aliphatic carbocycles. The SMILES string of the molecule is CCNC(c1cccc(C)c1C)c1cccc(C)c1Cl. The second-order valence-electron chi connectivity index (χ2n) is 5.26. The van der Waals surface area contributed by atoms with Gasteiger partial charge in [0.2, 0.25) is 0 Å². The molecule has 106 valence electrons. The lowest BCUT2D eigenvalue weighted by atomic mass is 9.92. The van der Waals surface area contributed by atoms with E-state index in [1.807, 2.05) is 0 Å². The molecular weight excluding hydrogens is 266 g/mol. The highest BCUT2D eigenvalue weighted by Crippen LogP contribution is 2.32. The highest BCUT2D eigenvalue weighted by Gasteiger charge is 2.19. The summed E-state index contributed by atoms with van der Waals surface area (Å²) in [4.78, 5) is 0. The smallest absolute Gasteiger partial charge is 0.0594 e. The molecule has 0 aliphatic rings. The zero-order valence-electron chi connectivity index (χ0n) is 12.6. The van der Waals surface area contributed by atoms with Crippen LogP contribution in [-0.2, 0) is 0 Å². The second kappa shape index (κ2) is 6.43. The van der Waals surface area contributed by atoms with E-state index in [-0.39, 0.29) is 6.04 Å². The van der Waals surface area contributed by atoms with Gasteiger partial charge < -0.3 is 5.32 Å². The number of hydrogen-bond donors (Lipinski definition) is 1. The topological polar surface area (TPSA) is 12.0 Å². The molecule has 1 N–H and O–H groups in total. The minimum absolute atomic E-state index is 0.146. The summed E-state index contributed by atoms with van der Waals surface area (Å²) in [6.07, 6.45) is 0. The van der Waals surface area contributed by atoms with Crippen LogP contribution in [0.15, 0.2) is 36.4 Å². The van der Waals surface area contributed by atoms with Crippen LogP contribution in [0.5, 0.6) is 0 Å². The van der Waals surface area contributed by atoms with Gasteiger partial charge in [-0.05, 0) is 55.1 Å². The first-order valence-corrected chi connectivity index (χ1v) is 7.48. The van der Waals surface area contributed by atoms with Crippen LogP contribution in [0.3, 0.4) is 0 Å². The average Bonchev–Trinajstić information content (AvgIpc) is 2.43. The van der Waals surface area contributed by atoms with Crippen molar-refractivity contribution in [2.75, 3.05) is 6.54 Å². The predicted molar refractivity (Wildman–Crippen MR) is 87.6 cm³/mol. The van der Waals surface area contributed by atoms with Crippen molar-refractivity contribution in [2.45, 2.75) is 33.7 Å². The molecule has 0 saturated heterocycles.